The number of oxazole rings is 1. The highest BCUT2D eigenvalue weighted by Gasteiger charge is 2.37. The molecule has 1 aromatic heterocycles. The summed E-state index contributed by atoms with van der Waals surface area (Å²) < 4.78 is 5.17. The van der Waals surface area contributed by atoms with Gasteiger partial charge in [0.25, 0.3) is 5.91 Å². The Balaban J connectivity index is 1.71. The molecular formula is C15H14N2O4. The molecule has 2 aromatic rings. The van der Waals surface area contributed by atoms with Crippen molar-refractivity contribution >= 4 is 11.9 Å². The molecule has 1 unspecified atom stereocenters. The van der Waals surface area contributed by atoms with Crippen LogP contribution in [-0.4, -0.2) is 28.0 Å². The number of aliphatic carboxylic acids is 1. The van der Waals surface area contributed by atoms with Crippen LogP contribution >= 0.6 is 0 Å². The predicted octanol–water partition coefficient (Wildman–Crippen LogP) is 1.93. The lowest BCUT2D eigenvalue weighted by Gasteiger charge is -2.13. The second kappa shape index (κ2) is 5.40. The van der Waals surface area contributed by atoms with E-state index in [1.54, 1.807) is 30.5 Å². The van der Waals surface area contributed by atoms with Crippen LogP contribution in [0.2, 0.25) is 0 Å². The van der Waals surface area contributed by atoms with Crippen molar-refractivity contribution < 1.29 is 19.1 Å². The average molecular weight is 286 g/mol. The molecule has 108 valence electrons. The van der Waals surface area contributed by atoms with Crippen LogP contribution in [-0.2, 0) is 4.79 Å². The number of benzene rings is 1. The van der Waals surface area contributed by atoms with Gasteiger partial charge < -0.3 is 14.8 Å². The van der Waals surface area contributed by atoms with Crippen LogP contribution in [0.5, 0.6) is 0 Å². The van der Waals surface area contributed by atoms with Gasteiger partial charge in [-0.2, -0.15) is 0 Å². The van der Waals surface area contributed by atoms with Gasteiger partial charge in [0, 0.05) is 11.1 Å². The highest BCUT2D eigenvalue weighted by Crippen LogP contribution is 2.32. The first-order valence-electron chi connectivity index (χ1n) is 6.68. The largest absolute Gasteiger partial charge is 0.480 e. The SMILES string of the molecule is O=C(NC(C(=O)O)C1CC1)c1ccc(-c2cnco2)cc1. The molecule has 1 heterocycles. The number of hydrogen-bond donors (Lipinski definition) is 2. The van der Waals surface area contributed by atoms with Crippen LogP contribution in [0, 0.1) is 5.92 Å². The first kappa shape index (κ1) is 13.4. The van der Waals surface area contributed by atoms with E-state index in [1.165, 1.54) is 6.39 Å². The Labute approximate surface area is 120 Å². The van der Waals surface area contributed by atoms with E-state index in [4.69, 9.17) is 9.52 Å². The summed E-state index contributed by atoms with van der Waals surface area (Å²) in [4.78, 5) is 27.0. The maximum absolute atomic E-state index is 12.1. The lowest BCUT2D eigenvalue weighted by atomic mass is 10.1. The van der Waals surface area contributed by atoms with E-state index in [2.05, 4.69) is 10.3 Å². The predicted molar refractivity (Wildman–Crippen MR) is 73.6 cm³/mol. The molecule has 6 heteroatoms. The van der Waals surface area contributed by atoms with Gasteiger partial charge in [-0.15, -0.1) is 0 Å². The Morgan fingerprint density at radius 1 is 1.29 bits per heavy atom. The molecule has 1 aromatic carbocycles. The van der Waals surface area contributed by atoms with E-state index in [0.717, 1.165) is 18.4 Å². The first-order chi connectivity index (χ1) is 10.1. The van der Waals surface area contributed by atoms with Crippen LogP contribution in [0.4, 0.5) is 0 Å². The van der Waals surface area contributed by atoms with Crippen molar-refractivity contribution in [1.29, 1.82) is 0 Å². The van der Waals surface area contributed by atoms with E-state index < -0.39 is 12.0 Å². The molecule has 1 aliphatic carbocycles. The van der Waals surface area contributed by atoms with Gasteiger partial charge >= 0.3 is 5.97 Å². The van der Waals surface area contributed by atoms with E-state index >= 15 is 0 Å². The summed E-state index contributed by atoms with van der Waals surface area (Å²) in [5, 5.41) is 11.7. The van der Waals surface area contributed by atoms with Crippen LogP contribution < -0.4 is 5.32 Å². The molecule has 0 bridgehead atoms. The zero-order chi connectivity index (χ0) is 14.8. The van der Waals surface area contributed by atoms with E-state index in [9.17, 15) is 9.59 Å². The quantitative estimate of drug-likeness (QED) is 0.876. The van der Waals surface area contributed by atoms with Gasteiger partial charge in [0.2, 0.25) is 0 Å². The minimum absolute atomic E-state index is 0.0555. The van der Waals surface area contributed by atoms with Gasteiger partial charge in [0.15, 0.2) is 12.2 Å². The van der Waals surface area contributed by atoms with Crippen molar-refractivity contribution in [2.45, 2.75) is 18.9 Å². The number of nitrogens with one attached hydrogen (secondary N) is 1. The fraction of sp³-hybridized carbons (Fsp3) is 0.267. The maximum Gasteiger partial charge on any atom is 0.326 e. The smallest absolute Gasteiger partial charge is 0.326 e. The van der Waals surface area contributed by atoms with Crippen molar-refractivity contribution in [1.82, 2.24) is 10.3 Å². The fourth-order valence-corrected chi connectivity index (χ4v) is 2.18. The molecule has 1 amide bonds. The van der Waals surface area contributed by atoms with Gasteiger partial charge in [-0.05, 0) is 30.9 Å². The summed E-state index contributed by atoms with van der Waals surface area (Å²) >= 11 is 0. The van der Waals surface area contributed by atoms with E-state index in [0.29, 0.717) is 11.3 Å². The van der Waals surface area contributed by atoms with Crippen molar-refractivity contribution in [3.8, 4) is 11.3 Å². The number of rotatable bonds is 5. The first-order valence-corrected chi connectivity index (χ1v) is 6.68. The molecule has 0 radical (unpaired) electrons. The minimum atomic E-state index is -0.982. The van der Waals surface area contributed by atoms with Crippen LogP contribution in [0.15, 0.2) is 41.3 Å². The number of aromatic nitrogens is 1. The Hall–Kier alpha value is -2.63. The summed E-state index contributed by atoms with van der Waals surface area (Å²) in [7, 11) is 0. The van der Waals surface area contributed by atoms with Gasteiger partial charge in [-0.1, -0.05) is 12.1 Å². The van der Waals surface area contributed by atoms with Crippen LogP contribution in [0.25, 0.3) is 11.3 Å². The topological polar surface area (TPSA) is 92.4 Å². The third-order valence-corrected chi connectivity index (χ3v) is 3.51. The number of carboxylic acids is 1. The monoisotopic (exact) mass is 286 g/mol. The average Bonchev–Trinajstić information content (AvgIpc) is 3.17. The molecule has 1 aliphatic rings. The summed E-state index contributed by atoms with van der Waals surface area (Å²) in [6.07, 6.45) is 4.62. The van der Waals surface area contributed by atoms with Gasteiger partial charge in [-0.25, -0.2) is 9.78 Å². The molecule has 1 fully saturated rings. The van der Waals surface area contributed by atoms with Crippen molar-refractivity contribution in [3.05, 3.63) is 42.4 Å². The van der Waals surface area contributed by atoms with Crippen molar-refractivity contribution in [2.24, 2.45) is 5.92 Å². The van der Waals surface area contributed by atoms with Crippen molar-refractivity contribution in [3.63, 3.8) is 0 Å². The summed E-state index contributed by atoms with van der Waals surface area (Å²) in [5.74, 6) is -0.689. The molecule has 0 spiro atoms. The molecular weight excluding hydrogens is 272 g/mol. The van der Waals surface area contributed by atoms with Gasteiger partial charge in [0.05, 0.1) is 6.20 Å². The zero-order valence-corrected chi connectivity index (χ0v) is 11.2. The Morgan fingerprint density at radius 3 is 2.52 bits per heavy atom. The molecule has 0 aliphatic heterocycles. The number of carbonyl (C=O) groups is 2. The molecule has 1 saturated carbocycles. The summed E-state index contributed by atoms with van der Waals surface area (Å²) in [6, 6.07) is 5.95. The molecule has 3 rings (SSSR count). The van der Waals surface area contributed by atoms with Crippen molar-refractivity contribution in [2.75, 3.05) is 0 Å². The number of nitrogens with zero attached hydrogens (tertiary/aromatic N) is 1. The molecule has 0 saturated heterocycles. The third-order valence-electron chi connectivity index (χ3n) is 3.51. The minimum Gasteiger partial charge on any atom is -0.480 e. The summed E-state index contributed by atoms with van der Waals surface area (Å²) in [6.45, 7) is 0. The number of carboxylic acid groups (broad SMARTS) is 1. The third kappa shape index (κ3) is 2.94. The second-order valence-corrected chi connectivity index (χ2v) is 5.07. The lowest BCUT2D eigenvalue weighted by Crippen LogP contribution is -2.42. The summed E-state index contributed by atoms with van der Waals surface area (Å²) in [5.41, 5.74) is 1.23. The highest BCUT2D eigenvalue weighted by molar-refractivity contribution is 5.97. The zero-order valence-electron chi connectivity index (χ0n) is 11.2. The number of carbonyl (C=O) groups excluding carboxylic acids is 1. The second-order valence-electron chi connectivity index (χ2n) is 5.07. The van der Waals surface area contributed by atoms with E-state index in [-0.39, 0.29) is 11.8 Å². The maximum atomic E-state index is 12.1. The number of hydrogen-bond acceptors (Lipinski definition) is 4. The van der Waals surface area contributed by atoms with Crippen LogP contribution in [0.3, 0.4) is 0 Å². The normalized spacial score (nSPS) is 15.4. The molecule has 1 atom stereocenters. The van der Waals surface area contributed by atoms with E-state index in [1.807, 2.05) is 0 Å². The Kier molecular flexibility index (Phi) is 3.43. The Morgan fingerprint density at radius 2 is 2.00 bits per heavy atom. The Bertz CT molecular complexity index is 645. The standard InChI is InChI=1S/C15H14N2O4/c18-14(17-13(15(19)20)10-3-4-10)11-5-1-9(2-6-11)12-7-16-8-21-12/h1-2,5-8,10,13H,3-4H2,(H,17,18)(H,19,20). The fourth-order valence-electron chi connectivity index (χ4n) is 2.18. The van der Waals surface area contributed by atoms with Crippen LogP contribution in [0.1, 0.15) is 23.2 Å². The number of amides is 1. The molecule has 6 nitrogen and oxygen atoms in total. The molecule has 21 heavy (non-hydrogen) atoms. The van der Waals surface area contributed by atoms with Gasteiger partial charge in [0.1, 0.15) is 6.04 Å². The van der Waals surface area contributed by atoms with Gasteiger partial charge in [-0.3, -0.25) is 4.79 Å². The highest BCUT2D eigenvalue weighted by atomic mass is 16.4. The molecule has 2 N–H and O–H groups in total. The lowest BCUT2D eigenvalue weighted by molar-refractivity contribution is -0.139.